The predicted octanol–water partition coefficient (Wildman–Crippen LogP) is 1.34. The molecule has 0 aromatic carbocycles. The van der Waals surface area contributed by atoms with Crippen molar-refractivity contribution in [3.05, 3.63) is 30.1 Å². The third-order valence-electron chi connectivity index (χ3n) is 4.86. The molecule has 0 radical (unpaired) electrons. The summed E-state index contributed by atoms with van der Waals surface area (Å²) in [6.45, 7) is 2.21. The zero-order valence-electron chi connectivity index (χ0n) is 13.1. The second-order valence-electron chi connectivity index (χ2n) is 6.51. The van der Waals surface area contributed by atoms with Gasteiger partial charge in [-0.05, 0) is 36.8 Å². The summed E-state index contributed by atoms with van der Waals surface area (Å²) in [7, 11) is 1.77. The third-order valence-corrected chi connectivity index (χ3v) is 4.86. The molecule has 3 heterocycles. The molecule has 1 aromatic heterocycles. The second-order valence-corrected chi connectivity index (χ2v) is 6.51. The summed E-state index contributed by atoms with van der Waals surface area (Å²) in [5, 5.41) is 0. The fraction of sp³-hybridized carbons (Fsp3) is 0.588. The molecular formula is C17H23N3O2. The van der Waals surface area contributed by atoms with Crippen LogP contribution in [0.1, 0.15) is 24.8 Å². The molecule has 1 aromatic rings. The van der Waals surface area contributed by atoms with Gasteiger partial charge >= 0.3 is 0 Å². The highest BCUT2D eigenvalue weighted by Gasteiger charge is 2.35. The van der Waals surface area contributed by atoms with E-state index in [9.17, 15) is 9.59 Å². The van der Waals surface area contributed by atoms with E-state index in [0.717, 1.165) is 32.4 Å². The Kier molecular flexibility index (Phi) is 4.41. The number of aromatic nitrogens is 1. The lowest BCUT2D eigenvalue weighted by Gasteiger charge is -2.33. The van der Waals surface area contributed by atoms with Crippen LogP contribution in [0.5, 0.6) is 0 Å². The van der Waals surface area contributed by atoms with Gasteiger partial charge in [-0.25, -0.2) is 0 Å². The molecule has 5 heteroatoms. The standard InChI is InChI=1S/C17H23N3O2/c1-19-12-15(10-16(19)21)17(22)20-7-4-13(5-8-20)9-14-3-2-6-18-11-14/h2-3,6,11,13,15H,4-5,7-10,12H2,1H3/t15-/m0/s1. The highest BCUT2D eigenvalue weighted by atomic mass is 16.2. The van der Waals surface area contributed by atoms with Crippen LogP contribution in [0, 0.1) is 11.8 Å². The molecule has 0 saturated carbocycles. The van der Waals surface area contributed by atoms with E-state index in [2.05, 4.69) is 11.1 Å². The molecule has 2 aliphatic heterocycles. The van der Waals surface area contributed by atoms with Crippen molar-refractivity contribution >= 4 is 11.8 Å². The van der Waals surface area contributed by atoms with Crippen LogP contribution >= 0.6 is 0 Å². The van der Waals surface area contributed by atoms with Crippen molar-refractivity contribution in [1.82, 2.24) is 14.8 Å². The molecule has 2 amide bonds. The SMILES string of the molecule is CN1C[C@@H](C(=O)N2CCC(Cc3cccnc3)CC2)CC1=O. The average Bonchev–Trinajstić information content (AvgIpc) is 2.88. The smallest absolute Gasteiger partial charge is 0.227 e. The predicted molar refractivity (Wildman–Crippen MR) is 83.0 cm³/mol. The van der Waals surface area contributed by atoms with Crippen molar-refractivity contribution in [2.24, 2.45) is 11.8 Å². The minimum Gasteiger partial charge on any atom is -0.345 e. The molecule has 0 aliphatic carbocycles. The Bertz CT molecular complexity index is 538. The lowest BCUT2D eigenvalue weighted by Crippen LogP contribution is -2.42. The summed E-state index contributed by atoms with van der Waals surface area (Å²) < 4.78 is 0. The van der Waals surface area contributed by atoms with Gasteiger partial charge in [0.2, 0.25) is 11.8 Å². The molecule has 0 N–H and O–H groups in total. The van der Waals surface area contributed by atoms with Crippen LogP contribution in [0.3, 0.4) is 0 Å². The zero-order valence-corrected chi connectivity index (χ0v) is 13.1. The van der Waals surface area contributed by atoms with Crippen LogP contribution in [0.25, 0.3) is 0 Å². The third kappa shape index (κ3) is 3.29. The molecule has 0 bridgehead atoms. The first-order chi connectivity index (χ1) is 10.6. The molecule has 2 saturated heterocycles. The molecule has 2 aliphatic rings. The molecule has 0 spiro atoms. The molecule has 118 valence electrons. The van der Waals surface area contributed by atoms with Crippen LogP contribution in [-0.2, 0) is 16.0 Å². The van der Waals surface area contributed by atoms with Crippen LogP contribution < -0.4 is 0 Å². The van der Waals surface area contributed by atoms with Crippen molar-refractivity contribution in [1.29, 1.82) is 0 Å². The molecule has 0 unspecified atom stereocenters. The van der Waals surface area contributed by atoms with Crippen molar-refractivity contribution in [3.8, 4) is 0 Å². The lowest BCUT2D eigenvalue weighted by molar-refractivity contribution is -0.137. The Hall–Kier alpha value is -1.91. The fourth-order valence-electron chi connectivity index (χ4n) is 3.50. The van der Waals surface area contributed by atoms with Crippen LogP contribution in [-0.4, -0.2) is 53.3 Å². The number of carbonyl (C=O) groups is 2. The topological polar surface area (TPSA) is 53.5 Å². The van der Waals surface area contributed by atoms with E-state index in [1.165, 1.54) is 5.56 Å². The van der Waals surface area contributed by atoms with E-state index in [0.29, 0.717) is 18.9 Å². The van der Waals surface area contributed by atoms with Crippen LogP contribution in [0.15, 0.2) is 24.5 Å². The van der Waals surface area contributed by atoms with Gasteiger partial charge in [-0.15, -0.1) is 0 Å². The number of hydrogen-bond acceptors (Lipinski definition) is 3. The first kappa shape index (κ1) is 15.0. The Morgan fingerprint density at radius 2 is 2.14 bits per heavy atom. The van der Waals surface area contributed by atoms with Crippen molar-refractivity contribution in [3.63, 3.8) is 0 Å². The summed E-state index contributed by atoms with van der Waals surface area (Å²) in [6.07, 6.45) is 7.22. The molecule has 1 atom stereocenters. The van der Waals surface area contributed by atoms with Gasteiger partial charge in [-0.1, -0.05) is 6.07 Å². The van der Waals surface area contributed by atoms with Crippen molar-refractivity contribution in [2.75, 3.05) is 26.7 Å². The Morgan fingerprint density at radius 1 is 1.36 bits per heavy atom. The second kappa shape index (κ2) is 6.46. The maximum atomic E-state index is 12.5. The minimum absolute atomic E-state index is 0.0878. The first-order valence-electron chi connectivity index (χ1n) is 8.05. The first-order valence-corrected chi connectivity index (χ1v) is 8.05. The van der Waals surface area contributed by atoms with Gasteiger partial charge in [-0.2, -0.15) is 0 Å². The van der Waals surface area contributed by atoms with E-state index in [1.807, 2.05) is 17.2 Å². The summed E-state index contributed by atoms with van der Waals surface area (Å²) in [6, 6.07) is 4.09. The summed E-state index contributed by atoms with van der Waals surface area (Å²) in [5.41, 5.74) is 1.27. The zero-order chi connectivity index (χ0) is 15.5. The van der Waals surface area contributed by atoms with Crippen LogP contribution in [0.4, 0.5) is 0 Å². The van der Waals surface area contributed by atoms with Gasteiger partial charge in [0.15, 0.2) is 0 Å². The molecule has 2 fully saturated rings. The van der Waals surface area contributed by atoms with Gasteiger partial charge in [0.05, 0.1) is 5.92 Å². The normalized spacial score (nSPS) is 23.1. The van der Waals surface area contributed by atoms with Crippen molar-refractivity contribution in [2.45, 2.75) is 25.7 Å². The number of amides is 2. The number of pyridine rings is 1. The Morgan fingerprint density at radius 3 is 2.73 bits per heavy atom. The van der Waals surface area contributed by atoms with Gasteiger partial charge in [0, 0.05) is 45.5 Å². The highest BCUT2D eigenvalue weighted by Crippen LogP contribution is 2.25. The molecule has 3 rings (SSSR count). The number of carbonyl (C=O) groups excluding carboxylic acids is 2. The Balaban J connectivity index is 1.49. The number of piperidine rings is 1. The van der Waals surface area contributed by atoms with E-state index < -0.39 is 0 Å². The van der Waals surface area contributed by atoms with Crippen molar-refractivity contribution < 1.29 is 9.59 Å². The van der Waals surface area contributed by atoms with E-state index in [-0.39, 0.29) is 17.7 Å². The van der Waals surface area contributed by atoms with E-state index >= 15 is 0 Å². The number of likely N-dealkylation sites (tertiary alicyclic amines) is 2. The average molecular weight is 301 g/mol. The minimum atomic E-state index is -0.132. The summed E-state index contributed by atoms with van der Waals surface area (Å²) >= 11 is 0. The van der Waals surface area contributed by atoms with Gasteiger partial charge in [0.25, 0.3) is 0 Å². The van der Waals surface area contributed by atoms with Gasteiger partial charge in [-0.3, -0.25) is 14.6 Å². The summed E-state index contributed by atoms with van der Waals surface area (Å²) in [5.74, 6) is 0.746. The van der Waals surface area contributed by atoms with Crippen LogP contribution in [0.2, 0.25) is 0 Å². The number of hydrogen-bond donors (Lipinski definition) is 0. The Labute approximate surface area is 131 Å². The fourth-order valence-corrected chi connectivity index (χ4v) is 3.50. The van der Waals surface area contributed by atoms with E-state index in [1.54, 1.807) is 18.1 Å². The quantitative estimate of drug-likeness (QED) is 0.846. The monoisotopic (exact) mass is 301 g/mol. The number of rotatable bonds is 3. The largest absolute Gasteiger partial charge is 0.345 e. The molecule has 22 heavy (non-hydrogen) atoms. The molecular weight excluding hydrogens is 278 g/mol. The summed E-state index contributed by atoms with van der Waals surface area (Å²) in [4.78, 5) is 31.8. The lowest BCUT2D eigenvalue weighted by atomic mass is 9.90. The number of nitrogens with zero attached hydrogens (tertiary/aromatic N) is 3. The van der Waals surface area contributed by atoms with E-state index in [4.69, 9.17) is 0 Å². The van der Waals surface area contributed by atoms with Gasteiger partial charge in [0.1, 0.15) is 0 Å². The molecule has 5 nitrogen and oxygen atoms in total. The maximum absolute atomic E-state index is 12.5. The van der Waals surface area contributed by atoms with Gasteiger partial charge < -0.3 is 9.80 Å². The maximum Gasteiger partial charge on any atom is 0.227 e. The highest BCUT2D eigenvalue weighted by molar-refractivity contribution is 5.89.